The maximum Gasteiger partial charge on any atom is 0.155 e. The summed E-state index contributed by atoms with van der Waals surface area (Å²) in [5, 5.41) is 0. The highest BCUT2D eigenvalue weighted by Crippen LogP contribution is 2.34. The Morgan fingerprint density at radius 2 is 2.05 bits per heavy atom. The summed E-state index contributed by atoms with van der Waals surface area (Å²) in [7, 11) is 0. The van der Waals surface area contributed by atoms with Crippen LogP contribution in [-0.2, 0) is 6.42 Å². The largest absolute Gasteiger partial charge is 0.328 e. The molecule has 0 radical (unpaired) electrons. The van der Waals surface area contributed by atoms with Crippen molar-refractivity contribution < 1.29 is 0 Å². The van der Waals surface area contributed by atoms with Crippen LogP contribution in [-0.4, -0.2) is 11.0 Å². The predicted octanol–water partition coefficient (Wildman–Crippen LogP) is 4.65. The van der Waals surface area contributed by atoms with Crippen molar-refractivity contribution >= 4 is 33.3 Å². The van der Waals surface area contributed by atoms with Crippen molar-refractivity contribution in [3.8, 4) is 0 Å². The molecule has 4 heteroatoms. The Kier molecular flexibility index (Phi) is 4.29. The number of para-hydroxylation sites is 1. The molecule has 0 aliphatic rings. The highest BCUT2D eigenvalue weighted by molar-refractivity contribution is 8.01. The van der Waals surface area contributed by atoms with E-state index in [4.69, 9.17) is 5.73 Å². The number of aromatic nitrogens is 1. The lowest BCUT2D eigenvalue weighted by Crippen LogP contribution is -2.18. The van der Waals surface area contributed by atoms with Gasteiger partial charge in [0.25, 0.3) is 0 Å². The zero-order valence-corrected chi connectivity index (χ0v) is 13.8. The van der Waals surface area contributed by atoms with E-state index >= 15 is 0 Å². The van der Waals surface area contributed by atoms with Crippen LogP contribution in [0.1, 0.15) is 18.1 Å². The van der Waals surface area contributed by atoms with Gasteiger partial charge < -0.3 is 5.73 Å². The van der Waals surface area contributed by atoms with Crippen molar-refractivity contribution in [2.24, 2.45) is 5.73 Å². The summed E-state index contributed by atoms with van der Waals surface area (Å²) >= 11 is 3.48. The topological polar surface area (TPSA) is 38.9 Å². The van der Waals surface area contributed by atoms with Crippen LogP contribution >= 0.6 is 23.1 Å². The molecule has 3 aromatic rings. The van der Waals surface area contributed by atoms with Crippen LogP contribution in [0.3, 0.4) is 0 Å². The van der Waals surface area contributed by atoms with Crippen molar-refractivity contribution in [2.45, 2.75) is 35.5 Å². The zero-order valence-electron chi connectivity index (χ0n) is 12.2. The lowest BCUT2D eigenvalue weighted by molar-refractivity contribution is 0.734. The lowest BCUT2D eigenvalue weighted by Gasteiger charge is -2.09. The molecule has 2 aromatic carbocycles. The molecule has 1 heterocycles. The van der Waals surface area contributed by atoms with E-state index in [9.17, 15) is 0 Å². The molecule has 1 atom stereocenters. The first-order valence-corrected chi connectivity index (χ1v) is 8.63. The summed E-state index contributed by atoms with van der Waals surface area (Å²) in [4.78, 5) is 5.91. The van der Waals surface area contributed by atoms with Gasteiger partial charge in [0.2, 0.25) is 0 Å². The van der Waals surface area contributed by atoms with Gasteiger partial charge in [0.05, 0.1) is 10.2 Å². The Hall–Kier alpha value is -1.36. The lowest BCUT2D eigenvalue weighted by atomic mass is 10.0. The van der Waals surface area contributed by atoms with Gasteiger partial charge >= 0.3 is 0 Å². The molecule has 0 amide bonds. The number of nitrogens with two attached hydrogens (primary N) is 1. The molecule has 0 saturated carbocycles. The molecule has 0 spiro atoms. The number of aryl methyl sites for hydroxylation is 1. The number of benzene rings is 2. The fourth-order valence-electron chi connectivity index (χ4n) is 2.30. The van der Waals surface area contributed by atoms with Gasteiger partial charge in [-0.1, -0.05) is 30.0 Å². The van der Waals surface area contributed by atoms with E-state index in [1.165, 1.54) is 20.7 Å². The molecular weight excluding hydrogens is 296 g/mol. The molecule has 1 aromatic heterocycles. The average molecular weight is 314 g/mol. The Labute approximate surface area is 133 Å². The second kappa shape index (κ2) is 6.18. The molecule has 0 saturated heterocycles. The van der Waals surface area contributed by atoms with Crippen molar-refractivity contribution in [3.63, 3.8) is 0 Å². The van der Waals surface area contributed by atoms with E-state index in [0.29, 0.717) is 0 Å². The number of rotatable bonds is 4. The first-order valence-electron chi connectivity index (χ1n) is 7.00. The minimum atomic E-state index is 0.200. The van der Waals surface area contributed by atoms with Gasteiger partial charge in [0.1, 0.15) is 0 Å². The third-order valence-corrected chi connectivity index (χ3v) is 5.42. The Morgan fingerprint density at radius 1 is 1.24 bits per heavy atom. The van der Waals surface area contributed by atoms with Gasteiger partial charge in [-0.05, 0) is 55.7 Å². The van der Waals surface area contributed by atoms with E-state index in [0.717, 1.165) is 16.3 Å². The van der Waals surface area contributed by atoms with Crippen molar-refractivity contribution in [1.29, 1.82) is 0 Å². The van der Waals surface area contributed by atoms with Crippen LogP contribution in [0.15, 0.2) is 51.7 Å². The third-order valence-electron chi connectivity index (χ3n) is 3.34. The molecule has 0 fully saturated rings. The zero-order chi connectivity index (χ0) is 14.8. The van der Waals surface area contributed by atoms with E-state index < -0.39 is 0 Å². The molecule has 108 valence electrons. The quantitative estimate of drug-likeness (QED) is 0.762. The van der Waals surface area contributed by atoms with Crippen LogP contribution in [0, 0.1) is 6.92 Å². The van der Waals surface area contributed by atoms with Gasteiger partial charge in [0.15, 0.2) is 4.34 Å². The van der Waals surface area contributed by atoms with Gasteiger partial charge in [0, 0.05) is 10.9 Å². The van der Waals surface area contributed by atoms with Gasteiger partial charge in [-0.2, -0.15) is 0 Å². The van der Waals surface area contributed by atoms with E-state index in [-0.39, 0.29) is 6.04 Å². The fourth-order valence-corrected chi connectivity index (χ4v) is 4.44. The maximum atomic E-state index is 5.88. The molecule has 0 aliphatic heterocycles. The molecule has 21 heavy (non-hydrogen) atoms. The summed E-state index contributed by atoms with van der Waals surface area (Å²) in [6.45, 7) is 4.20. The van der Waals surface area contributed by atoms with Crippen LogP contribution in [0.2, 0.25) is 0 Å². The minimum absolute atomic E-state index is 0.200. The first kappa shape index (κ1) is 14.6. The van der Waals surface area contributed by atoms with Crippen molar-refractivity contribution in [2.75, 3.05) is 0 Å². The van der Waals surface area contributed by atoms with Crippen molar-refractivity contribution in [1.82, 2.24) is 4.98 Å². The van der Waals surface area contributed by atoms with E-state index in [2.05, 4.69) is 48.3 Å². The van der Waals surface area contributed by atoms with Crippen LogP contribution < -0.4 is 5.73 Å². The van der Waals surface area contributed by atoms with Crippen LogP contribution in [0.4, 0.5) is 0 Å². The summed E-state index contributed by atoms with van der Waals surface area (Å²) in [5.74, 6) is 0. The van der Waals surface area contributed by atoms with E-state index in [1.807, 2.05) is 13.0 Å². The number of fused-ring (bicyclic) bond motifs is 1. The first-order chi connectivity index (χ1) is 10.1. The molecule has 1 unspecified atom stereocenters. The fraction of sp³-hybridized carbons (Fsp3) is 0.235. The van der Waals surface area contributed by atoms with E-state index in [1.54, 1.807) is 23.1 Å². The average Bonchev–Trinajstić information content (AvgIpc) is 2.83. The predicted molar refractivity (Wildman–Crippen MR) is 92.3 cm³/mol. The van der Waals surface area contributed by atoms with Gasteiger partial charge in [-0.15, -0.1) is 11.3 Å². The highest BCUT2D eigenvalue weighted by Gasteiger charge is 2.07. The molecule has 2 nitrogen and oxygen atoms in total. The number of hydrogen-bond acceptors (Lipinski definition) is 4. The van der Waals surface area contributed by atoms with Crippen LogP contribution in [0.25, 0.3) is 10.2 Å². The summed E-state index contributed by atoms with van der Waals surface area (Å²) in [6.07, 6.45) is 0.928. The van der Waals surface area contributed by atoms with Crippen molar-refractivity contribution in [3.05, 3.63) is 53.6 Å². The second-order valence-corrected chi connectivity index (χ2v) is 7.67. The molecular formula is C17H18N2S2. The smallest absolute Gasteiger partial charge is 0.155 e. The summed E-state index contributed by atoms with van der Waals surface area (Å²) in [6, 6.07) is 15.1. The Morgan fingerprint density at radius 3 is 2.76 bits per heavy atom. The number of thiazole rings is 1. The molecule has 0 bridgehead atoms. The molecule has 2 N–H and O–H groups in total. The minimum Gasteiger partial charge on any atom is -0.328 e. The van der Waals surface area contributed by atoms with Gasteiger partial charge in [-0.25, -0.2) is 4.98 Å². The number of nitrogens with zero attached hydrogens (tertiary/aromatic N) is 1. The molecule has 3 rings (SSSR count). The monoisotopic (exact) mass is 314 g/mol. The normalized spacial score (nSPS) is 12.7. The number of hydrogen-bond donors (Lipinski definition) is 1. The third kappa shape index (κ3) is 3.46. The Balaban J connectivity index is 1.82. The second-order valence-electron chi connectivity index (χ2n) is 5.32. The standard InChI is InChI=1S/C17H18N2S2/c1-11-9-14(8-7-13(11)10-12(2)18)20-17-19-15-5-3-4-6-16(15)21-17/h3-9,12H,10,18H2,1-2H3. The molecule has 0 aliphatic carbocycles. The highest BCUT2D eigenvalue weighted by atomic mass is 32.2. The Bertz CT molecular complexity index is 729. The maximum absolute atomic E-state index is 5.88. The SMILES string of the molecule is Cc1cc(Sc2nc3ccccc3s2)ccc1CC(C)N. The summed E-state index contributed by atoms with van der Waals surface area (Å²) < 4.78 is 2.33. The van der Waals surface area contributed by atoms with Crippen LogP contribution in [0.5, 0.6) is 0 Å². The van der Waals surface area contributed by atoms with Gasteiger partial charge in [-0.3, -0.25) is 0 Å². The summed E-state index contributed by atoms with van der Waals surface area (Å²) in [5.41, 5.74) is 9.60.